The number of hydrogen-bond donors (Lipinski definition) is 0. The summed E-state index contributed by atoms with van der Waals surface area (Å²) in [5, 5.41) is 0. The van der Waals surface area contributed by atoms with Crippen LogP contribution in [0.4, 0.5) is 0 Å². The van der Waals surface area contributed by atoms with Crippen molar-refractivity contribution in [3.63, 3.8) is 0 Å². The summed E-state index contributed by atoms with van der Waals surface area (Å²) in [5.41, 5.74) is 0. The average Bonchev–Trinajstić information content (AvgIpc) is 0. The first-order chi connectivity index (χ1) is 0. The molecule has 0 radical (unpaired) electrons. The molecule has 0 rings (SSSR count). The van der Waals surface area contributed by atoms with Crippen molar-refractivity contribution < 1.29 is 24.8 Å². The third-order valence-corrected chi connectivity index (χ3v) is 0. The summed E-state index contributed by atoms with van der Waals surface area (Å²) < 4.78 is 0. The topological polar surface area (TPSA) is 0 Å². The van der Waals surface area contributed by atoms with Gasteiger partial charge in [0.05, 0.1) is 0 Å². The number of halogens is 2. The SMILES string of the molecule is [Cl-].[Cl-].[In+3].[In+3]. The molecule has 0 fully saturated rings. The van der Waals surface area contributed by atoms with E-state index >= 15 is 0 Å². The second-order valence-electron chi connectivity index (χ2n) is 0. The summed E-state index contributed by atoms with van der Waals surface area (Å²) >= 11 is 0. The fraction of sp³-hybridized carbons (Fsp3) is 0. The monoisotopic (exact) mass is 300 g/mol. The maximum atomic E-state index is 0. The van der Waals surface area contributed by atoms with Gasteiger partial charge in [0.1, 0.15) is 0 Å². The predicted molar refractivity (Wildman–Crippen MR) is 11.5 cm³/mol. The standard InChI is InChI=1S/2ClH.2In/h2*1H;;/q;;2*+3/p-2. The molecule has 0 atom stereocenters. The average molecular weight is 301 g/mol. The molecular formula is Cl2In2+4. The predicted octanol–water partition coefficient (Wildman–Crippen LogP) is -6.75. The van der Waals surface area contributed by atoms with Crippen LogP contribution in [0.25, 0.3) is 0 Å². The van der Waals surface area contributed by atoms with Crippen molar-refractivity contribution in [1.29, 1.82) is 0 Å². The van der Waals surface area contributed by atoms with Crippen LogP contribution in [0.1, 0.15) is 0 Å². The Morgan fingerprint density at radius 2 is 0.500 bits per heavy atom. The van der Waals surface area contributed by atoms with Crippen LogP contribution in [0.15, 0.2) is 0 Å². The van der Waals surface area contributed by atoms with Crippen molar-refractivity contribution in [3.05, 3.63) is 0 Å². The Morgan fingerprint density at radius 1 is 0.500 bits per heavy atom. The Kier molecular flexibility index (Phi) is 153. The molecule has 0 amide bonds. The van der Waals surface area contributed by atoms with E-state index in [0.717, 1.165) is 0 Å². The zero-order valence-corrected chi connectivity index (χ0v) is 10.0. The van der Waals surface area contributed by atoms with Gasteiger partial charge in [0.2, 0.25) is 0 Å². The van der Waals surface area contributed by atoms with Gasteiger partial charge in [0, 0.05) is 0 Å². The summed E-state index contributed by atoms with van der Waals surface area (Å²) in [6.45, 7) is 0. The van der Waals surface area contributed by atoms with E-state index in [9.17, 15) is 0 Å². The van der Waals surface area contributed by atoms with Gasteiger partial charge in [-0.25, -0.2) is 0 Å². The molecule has 0 saturated heterocycles. The third-order valence-electron chi connectivity index (χ3n) is 0. The molecule has 0 bridgehead atoms. The molecule has 0 aromatic carbocycles. The summed E-state index contributed by atoms with van der Waals surface area (Å²) in [7, 11) is 0. The maximum Gasteiger partial charge on any atom is 3.00 e. The maximum absolute atomic E-state index is 0. The van der Waals surface area contributed by atoms with E-state index in [4.69, 9.17) is 0 Å². The van der Waals surface area contributed by atoms with E-state index in [-0.39, 0.29) is 76.5 Å². The van der Waals surface area contributed by atoms with E-state index in [1.54, 1.807) is 0 Å². The third kappa shape index (κ3) is 8.85. The second-order valence-corrected chi connectivity index (χ2v) is 0. The molecule has 4 heteroatoms. The van der Waals surface area contributed by atoms with Crippen LogP contribution in [-0.4, -0.2) is 51.7 Å². The summed E-state index contributed by atoms with van der Waals surface area (Å²) in [6, 6.07) is 0. The zero-order valence-electron chi connectivity index (χ0n) is 1.91. The molecule has 16 valence electrons. The van der Waals surface area contributed by atoms with Gasteiger partial charge in [-0.2, -0.15) is 0 Å². The molecule has 0 heterocycles. The van der Waals surface area contributed by atoms with Crippen molar-refractivity contribution in [2.24, 2.45) is 0 Å². The molecule has 0 aromatic heterocycles. The molecule has 0 aliphatic rings. The molecule has 0 N–H and O–H groups in total. The van der Waals surface area contributed by atoms with Crippen molar-refractivity contribution in [1.82, 2.24) is 0 Å². The molecular weight excluding hydrogens is 301 g/mol. The fourth-order valence-electron chi connectivity index (χ4n) is 0. The molecule has 0 nitrogen and oxygen atoms in total. The molecule has 0 spiro atoms. The first-order valence-electron chi connectivity index (χ1n) is 0. The van der Waals surface area contributed by atoms with Crippen LogP contribution in [0.5, 0.6) is 0 Å². The van der Waals surface area contributed by atoms with Crippen LogP contribution in [0.3, 0.4) is 0 Å². The Morgan fingerprint density at radius 3 is 0.500 bits per heavy atom. The molecule has 0 aromatic rings. The molecule has 4 heavy (non-hydrogen) atoms. The van der Waals surface area contributed by atoms with E-state index in [1.165, 1.54) is 0 Å². The van der Waals surface area contributed by atoms with Crippen LogP contribution in [-0.2, 0) is 0 Å². The Bertz CT molecular complexity index is 4.00. The summed E-state index contributed by atoms with van der Waals surface area (Å²) in [5.74, 6) is 0. The molecule has 0 saturated carbocycles. The van der Waals surface area contributed by atoms with Crippen molar-refractivity contribution in [2.45, 2.75) is 0 Å². The largest absolute Gasteiger partial charge is 3.00 e. The van der Waals surface area contributed by atoms with Gasteiger partial charge in [0.15, 0.2) is 0 Å². The van der Waals surface area contributed by atoms with Gasteiger partial charge in [0.25, 0.3) is 0 Å². The van der Waals surface area contributed by atoms with E-state index in [0.29, 0.717) is 0 Å². The normalized spacial score (nSPS) is 0. The van der Waals surface area contributed by atoms with Crippen molar-refractivity contribution in [3.8, 4) is 0 Å². The quantitative estimate of drug-likeness (QED) is 0.417. The van der Waals surface area contributed by atoms with E-state index in [1.807, 2.05) is 0 Å². The molecule has 0 unspecified atom stereocenters. The summed E-state index contributed by atoms with van der Waals surface area (Å²) in [6.07, 6.45) is 0. The first-order valence-corrected chi connectivity index (χ1v) is 0. The van der Waals surface area contributed by atoms with Gasteiger partial charge in [-0.05, 0) is 0 Å². The van der Waals surface area contributed by atoms with Gasteiger partial charge in [-0.3, -0.25) is 0 Å². The van der Waals surface area contributed by atoms with Crippen LogP contribution in [0, 0.1) is 0 Å². The van der Waals surface area contributed by atoms with E-state index in [2.05, 4.69) is 0 Å². The smallest absolute Gasteiger partial charge is 1.00 e. The Hall–Kier alpha value is 2.32. The minimum absolute atomic E-state index is 0. The van der Waals surface area contributed by atoms with Crippen LogP contribution >= 0.6 is 0 Å². The van der Waals surface area contributed by atoms with Gasteiger partial charge < -0.3 is 24.8 Å². The first kappa shape index (κ1) is 33.2. The zero-order chi connectivity index (χ0) is 0. The van der Waals surface area contributed by atoms with Crippen molar-refractivity contribution >= 4 is 51.7 Å². The van der Waals surface area contributed by atoms with Gasteiger partial charge >= 0.3 is 51.7 Å². The van der Waals surface area contributed by atoms with Crippen LogP contribution < -0.4 is 24.8 Å². The van der Waals surface area contributed by atoms with Gasteiger partial charge in [-0.15, -0.1) is 0 Å². The Labute approximate surface area is 75.5 Å². The number of hydrogen-bond acceptors (Lipinski definition) is 0. The molecule has 0 aliphatic carbocycles. The van der Waals surface area contributed by atoms with E-state index < -0.39 is 0 Å². The molecule has 0 aliphatic heterocycles. The van der Waals surface area contributed by atoms with Crippen LogP contribution in [0.2, 0.25) is 0 Å². The second kappa shape index (κ2) is 18.4. The van der Waals surface area contributed by atoms with Crippen molar-refractivity contribution in [2.75, 3.05) is 0 Å². The van der Waals surface area contributed by atoms with Gasteiger partial charge in [-0.1, -0.05) is 0 Å². The summed E-state index contributed by atoms with van der Waals surface area (Å²) in [4.78, 5) is 0. The Balaban J connectivity index is 0. The number of rotatable bonds is 0. The minimum atomic E-state index is 0. The minimum Gasteiger partial charge on any atom is -1.00 e. The fourth-order valence-corrected chi connectivity index (χ4v) is 0.